The molecule has 0 aromatic carbocycles. The van der Waals surface area contributed by atoms with E-state index in [-0.39, 0.29) is 41.0 Å². The number of fused-ring (bicyclic) bond motifs is 4. The van der Waals surface area contributed by atoms with Gasteiger partial charge in [0.2, 0.25) is 0 Å². The molecule has 0 spiro atoms. The van der Waals surface area contributed by atoms with E-state index in [0.29, 0.717) is 26.1 Å². The van der Waals surface area contributed by atoms with Crippen LogP contribution in [-0.2, 0) is 16.4 Å². The Kier molecular flexibility index (Phi) is 3.67. The summed E-state index contributed by atoms with van der Waals surface area (Å²) in [5.74, 6) is 0.635. The summed E-state index contributed by atoms with van der Waals surface area (Å²) in [4.78, 5) is 26.3. The largest absolute Gasteiger partial charge is 0.334 e. The standard InChI is InChI=1S/C16H21N3O4S/c20-15-3-1-2-14-12-6-11(8-19(14)15)7-18(9-12)16(21)17-13-4-5-24(22,23)10-13/h1-3,11-13H,4-10H2,(H,17,21). The highest BCUT2D eigenvalue weighted by atomic mass is 32.2. The third kappa shape index (κ3) is 2.83. The van der Waals surface area contributed by atoms with Crippen molar-refractivity contribution in [2.24, 2.45) is 5.92 Å². The van der Waals surface area contributed by atoms with Crippen molar-refractivity contribution in [3.05, 3.63) is 34.2 Å². The second-order valence-corrected chi connectivity index (χ2v) is 9.38. The van der Waals surface area contributed by atoms with Crippen LogP contribution in [0.15, 0.2) is 23.0 Å². The molecule has 3 aliphatic rings. The predicted molar refractivity (Wildman–Crippen MR) is 88.7 cm³/mol. The highest BCUT2D eigenvalue weighted by molar-refractivity contribution is 7.91. The lowest BCUT2D eigenvalue weighted by Gasteiger charge is -2.42. The van der Waals surface area contributed by atoms with Crippen molar-refractivity contribution in [2.75, 3.05) is 24.6 Å². The molecule has 0 aliphatic carbocycles. The third-order valence-corrected chi connectivity index (χ3v) is 7.09. The monoisotopic (exact) mass is 351 g/mol. The van der Waals surface area contributed by atoms with Gasteiger partial charge >= 0.3 is 6.03 Å². The number of amides is 2. The van der Waals surface area contributed by atoms with Gasteiger partial charge < -0.3 is 14.8 Å². The third-order valence-electron chi connectivity index (χ3n) is 5.33. The van der Waals surface area contributed by atoms with Crippen LogP contribution in [0.4, 0.5) is 4.79 Å². The zero-order valence-corrected chi connectivity index (χ0v) is 14.2. The fraction of sp³-hybridized carbons (Fsp3) is 0.625. The average molecular weight is 351 g/mol. The smallest absolute Gasteiger partial charge is 0.317 e. The number of hydrogen-bond donors (Lipinski definition) is 1. The molecule has 24 heavy (non-hydrogen) atoms. The molecule has 3 atom stereocenters. The number of aromatic nitrogens is 1. The number of pyridine rings is 1. The number of piperidine rings is 1. The lowest BCUT2D eigenvalue weighted by atomic mass is 9.83. The summed E-state index contributed by atoms with van der Waals surface area (Å²) in [6.07, 6.45) is 1.48. The van der Waals surface area contributed by atoms with Gasteiger partial charge in [-0.1, -0.05) is 6.07 Å². The maximum atomic E-state index is 12.5. The highest BCUT2D eigenvalue weighted by Crippen LogP contribution is 2.34. The van der Waals surface area contributed by atoms with Crippen LogP contribution >= 0.6 is 0 Å². The molecule has 2 amide bonds. The molecule has 1 aromatic rings. The zero-order valence-electron chi connectivity index (χ0n) is 13.3. The Morgan fingerprint density at radius 1 is 1.21 bits per heavy atom. The van der Waals surface area contributed by atoms with E-state index in [1.807, 2.05) is 10.6 Å². The van der Waals surface area contributed by atoms with Crippen molar-refractivity contribution in [2.45, 2.75) is 31.3 Å². The molecule has 4 heterocycles. The summed E-state index contributed by atoms with van der Waals surface area (Å²) in [5.41, 5.74) is 1.02. The fourth-order valence-corrected chi connectivity index (χ4v) is 5.91. The number of nitrogens with one attached hydrogen (secondary N) is 1. The Labute approximate surface area is 140 Å². The number of carbonyl (C=O) groups is 1. The van der Waals surface area contributed by atoms with Crippen LogP contribution in [0.1, 0.15) is 24.5 Å². The molecule has 1 N–H and O–H groups in total. The maximum Gasteiger partial charge on any atom is 0.317 e. The minimum atomic E-state index is -3.00. The molecule has 130 valence electrons. The molecular formula is C16H21N3O4S. The quantitative estimate of drug-likeness (QED) is 0.781. The van der Waals surface area contributed by atoms with Crippen molar-refractivity contribution in [3.8, 4) is 0 Å². The van der Waals surface area contributed by atoms with E-state index in [2.05, 4.69) is 5.32 Å². The van der Waals surface area contributed by atoms with Gasteiger partial charge in [0.25, 0.3) is 5.56 Å². The van der Waals surface area contributed by atoms with E-state index in [1.54, 1.807) is 17.0 Å². The van der Waals surface area contributed by atoms with E-state index in [1.165, 1.54) is 0 Å². The molecule has 3 unspecified atom stereocenters. The Morgan fingerprint density at radius 3 is 2.79 bits per heavy atom. The van der Waals surface area contributed by atoms with Crippen molar-refractivity contribution >= 4 is 15.9 Å². The SMILES string of the molecule is O=C(NC1CCS(=O)(=O)C1)N1CC2CC(C1)c1cccc(=O)n1C2. The van der Waals surface area contributed by atoms with Crippen LogP contribution in [0.5, 0.6) is 0 Å². The first kappa shape index (κ1) is 15.7. The van der Waals surface area contributed by atoms with Gasteiger partial charge in [0.1, 0.15) is 0 Å². The molecule has 0 radical (unpaired) electrons. The number of carbonyl (C=O) groups excluding carboxylic acids is 1. The van der Waals surface area contributed by atoms with Gasteiger partial charge in [-0.15, -0.1) is 0 Å². The van der Waals surface area contributed by atoms with Crippen LogP contribution in [0.25, 0.3) is 0 Å². The molecule has 2 saturated heterocycles. The maximum absolute atomic E-state index is 12.5. The molecule has 0 saturated carbocycles. The van der Waals surface area contributed by atoms with E-state index in [4.69, 9.17) is 0 Å². The van der Waals surface area contributed by atoms with Gasteiger partial charge in [-0.05, 0) is 24.8 Å². The van der Waals surface area contributed by atoms with Gasteiger partial charge in [0.05, 0.1) is 11.5 Å². The van der Waals surface area contributed by atoms with Crippen molar-refractivity contribution < 1.29 is 13.2 Å². The van der Waals surface area contributed by atoms with Crippen molar-refractivity contribution in [3.63, 3.8) is 0 Å². The van der Waals surface area contributed by atoms with Crippen molar-refractivity contribution in [1.29, 1.82) is 0 Å². The zero-order chi connectivity index (χ0) is 16.9. The topological polar surface area (TPSA) is 88.5 Å². The van der Waals surface area contributed by atoms with Crippen LogP contribution < -0.4 is 10.9 Å². The Hall–Kier alpha value is -1.83. The molecule has 1 aromatic heterocycles. The number of hydrogen-bond acceptors (Lipinski definition) is 4. The highest BCUT2D eigenvalue weighted by Gasteiger charge is 2.37. The van der Waals surface area contributed by atoms with E-state index < -0.39 is 9.84 Å². The number of urea groups is 1. The van der Waals surface area contributed by atoms with E-state index in [9.17, 15) is 18.0 Å². The molecule has 3 aliphatic heterocycles. The summed E-state index contributed by atoms with van der Waals surface area (Å²) >= 11 is 0. The summed E-state index contributed by atoms with van der Waals surface area (Å²) in [7, 11) is -3.00. The van der Waals surface area contributed by atoms with E-state index >= 15 is 0 Å². The Balaban J connectivity index is 1.48. The number of likely N-dealkylation sites (tertiary alicyclic amines) is 1. The molecule has 2 fully saturated rings. The fourth-order valence-electron chi connectivity index (χ4n) is 4.24. The second-order valence-electron chi connectivity index (χ2n) is 7.15. The second kappa shape index (κ2) is 5.61. The van der Waals surface area contributed by atoms with Gasteiger partial charge in [-0.2, -0.15) is 0 Å². The molecule has 2 bridgehead atoms. The first-order valence-corrected chi connectivity index (χ1v) is 10.2. The lowest BCUT2D eigenvalue weighted by Crippen LogP contribution is -2.53. The minimum Gasteiger partial charge on any atom is -0.334 e. The summed E-state index contributed by atoms with van der Waals surface area (Å²) in [6, 6.07) is 4.86. The van der Waals surface area contributed by atoms with Crippen molar-refractivity contribution in [1.82, 2.24) is 14.8 Å². The summed E-state index contributed by atoms with van der Waals surface area (Å²) in [6.45, 7) is 1.83. The predicted octanol–water partition coefficient (Wildman–Crippen LogP) is 0.164. The van der Waals surface area contributed by atoms with Crippen LogP contribution in [0.3, 0.4) is 0 Å². The van der Waals surface area contributed by atoms with Crippen LogP contribution in [0.2, 0.25) is 0 Å². The van der Waals surface area contributed by atoms with Gasteiger partial charge in [0.15, 0.2) is 9.84 Å². The average Bonchev–Trinajstić information content (AvgIpc) is 2.87. The first-order valence-electron chi connectivity index (χ1n) is 8.37. The molecule has 7 nitrogen and oxygen atoms in total. The van der Waals surface area contributed by atoms with Gasteiger partial charge in [-0.3, -0.25) is 4.79 Å². The normalized spacial score (nSPS) is 30.7. The number of nitrogens with zero attached hydrogens (tertiary/aromatic N) is 2. The number of rotatable bonds is 1. The van der Waals surface area contributed by atoms with Crippen LogP contribution in [-0.4, -0.2) is 54.6 Å². The van der Waals surface area contributed by atoms with Crippen LogP contribution in [0, 0.1) is 5.92 Å². The molecular weight excluding hydrogens is 330 g/mol. The minimum absolute atomic E-state index is 0.0243. The Bertz CT molecular complexity index is 832. The first-order chi connectivity index (χ1) is 11.4. The van der Waals surface area contributed by atoms with Gasteiger partial charge in [0, 0.05) is 43.4 Å². The summed E-state index contributed by atoms with van der Waals surface area (Å²) in [5, 5.41) is 2.87. The molecule has 8 heteroatoms. The number of sulfone groups is 1. The molecule has 4 rings (SSSR count). The van der Waals surface area contributed by atoms with Gasteiger partial charge in [-0.25, -0.2) is 13.2 Å². The Morgan fingerprint density at radius 2 is 2.04 bits per heavy atom. The lowest BCUT2D eigenvalue weighted by molar-refractivity contribution is 0.129. The van der Waals surface area contributed by atoms with E-state index in [0.717, 1.165) is 12.1 Å². The summed E-state index contributed by atoms with van der Waals surface area (Å²) < 4.78 is 24.9.